The fraction of sp³-hybridized carbons (Fsp3) is 0.500. The van der Waals surface area contributed by atoms with E-state index in [1.165, 1.54) is 0 Å². The van der Waals surface area contributed by atoms with Crippen LogP contribution in [-0.4, -0.2) is 23.9 Å². The van der Waals surface area contributed by atoms with Gasteiger partial charge >= 0.3 is 0 Å². The van der Waals surface area contributed by atoms with E-state index in [4.69, 9.17) is 27.9 Å². The highest BCUT2D eigenvalue weighted by molar-refractivity contribution is 6.36. The van der Waals surface area contributed by atoms with Crippen molar-refractivity contribution in [2.75, 3.05) is 7.11 Å². The molecule has 1 N–H and O–H groups in total. The predicted molar refractivity (Wildman–Crippen MR) is 65.1 cm³/mol. The molecule has 1 saturated carbocycles. The first-order chi connectivity index (χ1) is 7.54. The van der Waals surface area contributed by atoms with Gasteiger partial charge in [0.2, 0.25) is 0 Å². The number of aliphatic hydroxyl groups is 1. The zero-order valence-electron chi connectivity index (χ0n) is 9.04. The molecule has 16 heavy (non-hydrogen) atoms. The lowest BCUT2D eigenvalue weighted by molar-refractivity contribution is -0.126. The molecule has 0 saturated heterocycles. The molecule has 2 rings (SSSR count). The first kappa shape index (κ1) is 12.2. The molecule has 1 aromatic carbocycles. The van der Waals surface area contributed by atoms with Crippen LogP contribution in [0.4, 0.5) is 0 Å². The number of rotatable bonds is 3. The fourth-order valence-corrected chi connectivity index (χ4v) is 2.66. The van der Waals surface area contributed by atoms with E-state index >= 15 is 0 Å². The molecule has 88 valence electrons. The summed E-state index contributed by atoms with van der Waals surface area (Å²) in [4.78, 5) is 0. The van der Waals surface area contributed by atoms with Crippen molar-refractivity contribution in [2.24, 2.45) is 0 Å². The van der Waals surface area contributed by atoms with Gasteiger partial charge in [-0.2, -0.15) is 0 Å². The summed E-state index contributed by atoms with van der Waals surface area (Å²) < 4.78 is 5.15. The average Bonchev–Trinajstić information content (AvgIpc) is 2.20. The third kappa shape index (κ3) is 2.35. The van der Waals surface area contributed by atoms with E-state index in [1.807, 2.05) is 0 Å². The number of benzene rings is 1. The summed E-state index contributed by atoms with van der Waals surface area (Å²) in [6.07, 6.45) is 1.94. The van der Waals surface area contributed by atoms with E-state index in [-0.39, 0.29) is 6.10 Å². The Bertz CT molecular complexity index is 366. The number of halogens is 2. The summed E-state index contributed by atoms with van der Waals surface area (Å²) in [5.41, 5.74) is 0.109. The molecular weight excluding hydrogens is 247 g/mol. The van der Waals surface area contributed by atoms with Gasteiger partial charge in [0.05, 0.1) is 11.7 Å². The van der Waals surface area contributed by atoms with E-state index < -0.39 is 5.60 Å². The first-order valence-corrected chi connectivity index (χ1v) is 5.98. The Morgan fingerprint density at radius 1 is 1.38 bits per heavy atom. The molecule has 1 aliphatic carbocycles. The maximum Gasteiger partial charge on any atom is 0.0738 e. The number of methoxy groups -OCH3 is 1. The van der Waals surface area contributed by atoms with Crippen molar-refractivity contribution in [2.45, 2.75) is 31.0 Å². The normalized spacial score (nSPS) is 28.9. The van der Waals surface area contributed by atoms with Crippen molar-refractivity contribution in [1.29, 1.82) is 0 Å². The fourth-order valence-electron chi connectivity index (χ4n) is 2.13. The monoisotopic (exact) mass is 260 g/mol. The Labute approximate surface area is 105 Å². The van der Waals surface area contributed by atoms with Crippen LogP contribution in [-0.2, 0) is 11.2 Å². The molecular formula is C12H14Cl2O2. The number of hydrogen-bond donors (Lipinski definition) is 1. The summed E-state index contributed by atoms with van der Waals surface area (Å²) >= 11 is 12.1. The van der Waals surface area contributed by atoms with Crippen molar-refractivity contribution in [3.8, 4) is 0 Å². The Kier molecular flexibility index (Phi) is 3.45. The van der Waals surface area contributed by atoms with Gasteiger partial charge < -0.3 is 9.84 Å². The van der Waals surface area contributed by atoms with Gasteiger partial charge in [-0.25, -0.2) is 0 Å². The Morgan fingerprint density at radius 3 is 2.44 bits per heavy atom. The molecule has 1 aromatic rings. The highest BCUT2D eigenvalue weighted by atomic mass is 35.5. The molecule has 0 unspecified atom stereocenters. The SMILES string of the molecule is COC1CC(O)(Cc2c(Cl)cccc2Cl)C1. The minimum absolute atomic E-state index is 0.159. The molecule has 0 bridgehead atoms. The lowest BCUT2D eigenvalue weighted by Gasteiger charge is -2.43. The van der Waals surface area contributed by atoms with E-state index in [1.54, 1.807) is 25.3 Å². The Balaban J connectivity index is 2.10. The third-order valence-electron chi connectivity index (χ3n) is 3.12. The van der Waals surface area contributed by atoms with E-state index in [0.29, 0.717) is 29.3 Å². The Morgan fingerprint density at radius 2 is 1.94 bits per heavy atom. The van der Waals surface area contributed by atoms with Crippen molar-refractivity contribution < 1.29 is 9.84 Å². The van der Waals surface area contributed by atoms with Crippen molar-refractivity contribution in [3.05, 3.63) is 33.8 Å². The largest absolute Gasteiger partial charge is 0.389 e. The highest BCUT2D eigenvalue weighted by Crippen LogP contribution is 2.39. The number of hydrogen-bond acceptors (Lipinski definition) is 2. The van der Waals surface area contributed by atoms with Crippen LogP contribution in [0.25, 0.3) is 0 Å². The van der Waals surface area contributed by atoms with Gasteiger partial charge in [-0.15, -0.1) is 0 Å². The lowest BCUT2D eigenvalue weighted by atomic mass is 9.73. The van der Waals surface area contributed by atoms with Crippen LogP contribution in [0.3, 0.4) is 0 Å². The van der Waals surface area contributed by atoms with Gasteiger partial charge in [-0.3, -0.25) is 0 Å². The van der Waals surface area contributed by atoms with Gasteiger partial charge in [0.1, 0.15) is 0 Å². The van der Waals surface area contributed by atoms with Crippen LogP contribution in [0.2, 0.25) is 10.0 Å². The standard InChI is InChI=1S/C12H14Cl2O2/c1-16-8-5-12(15,6-8)7-9-10(13)3-2-4-11(9)14/h2-4,8,15H,5-7H2,1H3. The van der Waals surface area contributed by atoms with Crippen LogP contribution >= 0.6 is 23.2 Å². The van der Waals surface area contributed by atoms with Gasteiger partial charge in [0, 0.05) is 36.4 Å². The first-order valence-electron chi connectivity index (χ1n) is 5.22. The second kappa shape index (κ2) is 4.53. The second-order valence-electron chi connectivity index (χ2n) is 4.37. The molecule has 1 aliphatic rings. The zero-order valence-corrected chi connectivity index (χ0v) is 10.6. The summed E-state index contributed by atoms with van der Waals surface area (Å²) in [6.45, 7) is 0. The molecule has 2 nitrogen and oxygen atoms in total. The van der Waals surface area contributed by atoms with E-state index in [9.17, 15) is 5.11 Å². The molecule has 0 aliphatic heterocycles. The lowest BCUT2D eigenvalue weighted by Crippen LogP contribution is -2.49. The molecule has 1 fully saturated rings. The van der Waals surface area contributed by atoms with Crippen molar-refractivity contribution >= 4 is 23.2 Å². The molecule has 0 amide bonds. The van der Waals surface area contributed by atoms with Gasteiger partial charge in [0.15, 0.2) is 0 Å². The minimum Gasteiger partial charge on any atom is -0.389 e. The van der Waals surface area contributed by atoms with Crippen molar-refractivity contribution in [3.63, 3.8) is 0 Å². The minimum atomic E-state index is -0.713. The maximum absolute atomic E-state index is 10.2. The third-order valence-corrected chi connectivity index (χ3v) is 3.82. The molecule has 0 atom stereocenters. The van der Waals surface area contributed by atoms with Gasteiger partial charge in [-0.1, -0.05) is 29.3 Å². The van der Waals surface area contributed by atoms with E-state index in [0.717, 1.165) is 5.56 Å². The summed E-state index contributed by atoms with van der Waals surface area (Å²) in [5, 5.41) is 11.4. The van der Waals surface area contributed by atoms with Gasteiger partial charge in [0.25, 0.3) is 0 Å². The molecule has 0 spiro atoms. The summed E-state index contributed by atoms with van der Waals surface area (Å²) in [6, 6.07) is 5.38. The number of ether oxygens (including phenoxy) is 1. The smallest absolute Gasteiger partial charge is 0.0738 e. The van der Waals surface area contributed by atoms with Crippen LogP contribution < -0.4 is 0 Å². The molecule has 0 aromatic heterocycles. The topological polar surface area (TPSA) is 29.5 Å². The summed E-state index contributed by atoms with van der Waals surface area (Å²) in [5.74, 6) is 0. The van der Waals surface area contributed by atoms with Crippen LogP contribution in [0.5, 0.6) is 0 Å². The second-order valence-corrected chi connectivity index (χ2v) is 5.18. The van der Waals surface area contributed by atoms with Gasteiger partial charge in [-0.05, 0) is 17.7 Å². The molecule has 0 heterocycles. The average molecular weight is 261 g/mol. The molecule has 0 radical (unpaired) electrons. The quantitative estimate of drug-likeness (QED) is 0.906. The maximum atomic E-state index is 10.2. The van der Waals surface area contributed by atoms with Crippen LogP contribution in [0, 0.1) is 0 Å². The predicted octanol–water partition coefficient (Wildman–Crippen LogP) is 3.08. The highest BCUT2D eigenvalue weighted by Gasteiger charge is 2.43. The Hall–Kier alpha value is -0.280. The van der Waals surface area contributed by atoms with E-state index in [2.05, 4.69) is 0 Å². The summed E-state index contributed by atoms with van der Waals surface area (Å²) in [7, 11) is 1.66. The van der Waals surface area contributed by atoms with Crippen LogP contribution in [0.15, 0.2) is 18.2 Å². The van der Waals surface area contributed by atoms with Crippen LogP contribution in [0.1, 0.15) is 18.4 Å². The molecule has 4 heteroatoms. The van der Waals surface area contributed by atoms with Crippen molar-refractivity contribution in [1.82, 2.24) is 0 Å². The zero-order chi connectivity index (χ0) is 11.8.